The van der Waals surface area contributed by atoms with Crippen LogP contribution in [0.4, 0.5) is 0 Å². The third-order valence-electron chi connectivity index (χ3n) is 12.7. The quantitative estimate of drug-likeness (QED) is 0.163. The number of hydrogen-bond acceptors (Lipinski definition) is 2. The van der Waals surface area contributed by atoms with Crippen molar-refractivity contribution in [3.63, 3.8) is 0 Å². The zero-order valence-corrected chi connectivity index (χ0v) is 33.6. The SMILES string of the molecule is c1ccc(-c2ccc(-n3c4ccccc4c4c5c(c6ccccc6c43)c3ccccc3c3c5c4ccccc4n3-c3cnc(-c4ccccc4)nc3-c3ccccc3)cc2)cc1. The third-order valence-corrected chi connectivity index (χ3v) is 12.7. The lowest BCUT2D eigenvalue weighted by Gasteiger charge is -2.18. The van der Waals surface area contributed by atoms with Gasteiger partial charge in [-0.25, -0.2) is 9.97 Å². The van der Waals surface area contributed by atoms with E-state index in [1.54, 1.807) is 0 Å². The van der Waals surface area contributed by atoms with E-state index in [0.717, 1.165) is 39.2 Å². The molecule has 0 spiro atoms. The maximum absolute atomic E-state index is 5.38. The second kappa shape index (κ2) is 13.6. The average Bonchev–Trinajstić information content (AvgIpc) is 3.89. The van der Waals surface area contributed by atoms with E-state index in [4.69, 9.17) is 9.97 Å². The van der Waals surface area contributed by atoms with E-state index in [-0.39, 0.29) is 0 Å². The number of benzene rings is 10. The van der Waals surface area contributed by atoms with Crippen molar-refractivity contribution < 1.29 is 0 Å². The fourth-order valence-electron chi connectivity index (χ4n) is 10.1. The number of para-hydroxylation sites is 2. The Morgan fingerprint density at radius 3 is 1.32 bits per heavy atom. The van der Waals surface area contributed by atoms with Crippen LogP contribution in [-0.4, -0.2) is 19.1 Å². The molecular formula is C58H36N4. The minimum Gasteiger partial charge on any atom is -0.309 e. The Kier molecular flexibility index (Phi) is 7.57. The highest BCUT2D eigenvalue weighted by Gasteiger charge is 2.27. The summed E-state index contributed by atoms with van der Waals surface area (Å²) < 4.78 is 4.93. The van der Waals surface area contributed by atoms with E-state index in [0.29, 0.717) is 5.82 Å². The summed E-state index contributed by atoms with van der Waals surface area (Å²) in [5.74, 6) is 0.696. The van der Waals surface area contributed by atoms with Crippen LogP contribution in [-0.2, 0) is 0 Å². The van der Waals surface area contributed by atoms with Crippen LogP contribution in [0, 0.1) is 0 Å². The van der Waals surface area contributed by atoms with Gasteiger partial charge in [0.15, 0.2) is 5.82 Å². The molecule has 0 radical (unpaired) electrons. The molecule has 288 valence electrons. The summed E-state index contributed by atoms with van der Waals surface area (Å²) in [7, 11) is 0. The van der Waals surface area contributed by atoms with Gasteiger partial charge in [0, 0.05) is 54.5 Å². The van der Waals surface area contributed by atoms with Gasteiger partial charge < -0.3 is 9.13 Å². The summed E-state index contributed by atoms with van der Waals surface area (Å²) in [6, 6.07) is 76.3. The highest BCUT2D eigenvalue weighted by Crippen LogP contribution is 2.51. The molecule has 62 heavy (non-hydrogen) atoms. The molecule has 13 aromatic rings. The monoisotopic (exact) mass is 788 g/mol. The summed E-state index contributed by atoms with van der Waals surface area (Å²) in [4.78, 5) is 10.5. The fraction of sp³-hybridized carbons (Fsp3) is 0. The third kappa shape index (κ3) is 5.01. The van der Waals surface area contributed by atoms with Crippen molar-refractivity contribution in [3.8, 4) is 45.1 Å². The first kappa shape index (κ1) is 34.5. The molecule has 3 heterocycles. The van der Waals surface area contributed by atoms with Crippen molar-refractivity contribution in [2.45, 2.75) is 0 Å². The fourth-order valence-corrected chi connectivity index (χ4v) is 10.1. The molecule has 0 N–H and O–H groups in total. The van der Waals surface area contributed by atoms with Gasteiger partial charge in [0.2, 0.25) is 0 Å². The summed E-state index contributed by atoms with van der Waals surface area (Å²) in [5.41, 5.74) is 12.0. The molecule has 0 saturated heterocycles. The van der Waals surface area contributed by atoms with Crippen LogP contribution in [0.3, 0.4) is 0 Å². The smallest absolute Gasteiger partial charge is 0.159 e. The second-order valence-corrected chi connectivity index (χ2v) is 16.1. The standard InChI is InChI=1S/C58H36N4/c1-4-18-37(19-5-1)38-32-34-41(35-33-38)61-48-30-16-14-28-46(48)52-54-51(42-24-10-12-26-44(42)56(52)61)43-25-11-13-27-45(43)57-53(54)47-29-15-17-31-49(47)62(57)50-36-59-58(40-22-8-3-9-23-40)60-55(50)39-20-6-2-7-21-39/h1-36H. The molecule has 13 rings (SSSR count). The molecule has 10 aromatic carbocycles. The number of nitrogens with zero attached hydrogens (tertiary/aromatic N) is 4. The van der Waals surface area contributed by atoms with Crippen molar-refractivity contribution >= 4 is 75.9 Å². The van der Waals surface area contributed by atoms with E-state index in [2.05, 4.69) is 203 Å². The highest BCUT2D eigenvalue weighted by molar-refractivity contribution is 6.45. The Morgan fingerprint density at radius 1 is 0.306 bits per heavy atom. The number of rotatable bonds is 5. The highest BCUT2D eigenvalue weighted by atomic mass is 15.0. The van der Waals surface area contributed by atoms with Crippen LogP contribution in [0.5, 0.6) is 0 Å². The molecule has 0 fully saturated rings. The minimum atomic E-state index is 0.696. The first-order chi connectivity index (χ1) is 30.8. The summed E-state index contributed by atoms with van der Waals surface area (Å²) >= 11 is 0. The Hall–Kier alpha value is -8.34. The molecule has 3 aromatic heterocycles. The maximum atomic E-state index is 5.38. The summed E-state index contributed by atoms with van der Waals surface area (Å²) in [6.07, 6.45) is 2.03. The van der Waals surface area contributed by atoms with E-state index < -0.39 is 0 Å². The molecule has 0 saturated carbocycles. The van der Waals surface area contributed by atoms with Crippen LogP contribution in [0.2, 0.25) is 0 Å². The molecule has 4 heteroatoms. The molecule has 4 nitrogen and oxygen atoms in total. The second-order valence-electron chi connectivity index (χ2n) is 16.1. The van der Waals surface area contributed by atoms with Crippen LogP contribution < -0.4 is 0 Å². The normalized spacial score (nSPS) is 11.9. The number of aromatic nitrogens is 4. The summed E-state index contributed by atoms with van der Waals surface area (Å²) in [6.45, 7) is 0. The lowest BCUT2D eigenvalue weighted by Crippen LogP contribution is -2.03. The molecule has 0 aliphatic heterocycles. The zero-order chi connectivity index (χ0) is 40.7. The van der Waals surface area contributed by atoms with Crippen molar-refractivity contribution in [1.29, 1.82) is 0 Å². The van der Waals surface area contributed by atoms with Crippen molar-refractivity contribution in [2.24, 2.45) is 0 Å². The van der Waals surface area contributed by atoms with Crippen molar-refractivity contribution in [1.82, 2.24) is 19.1 Å². The Balaban J connectivity index is 1.23. The van der Waals surface area contributed by atoms with Crippen LogP contribution in [0.25, 0.3) is 121 Å². The van der Waals surface area contributed by atoms with E-state index in [1.807, 2.05) is 24.4 Å². The van der Waals surface area contributed by atoms with Gasteiger partial charge in [0.25, 0.3) is 0 Å². The molecule has 0 aliphatic carbocycles. The van der Waals surface area contributed by atoms with Gasteiger partial charge in [0.1, 0.15) is 0 Å². The lowest BCUT2D eigenvalue weighted by atomic mass is 9.89. The lowest BCUT2D eigenvalue weighted by molar-refractivity contribution is 1.09. The van der Waals surface area contributed by atoms with Crippen molar-refractivity contribution in [3.05, 3.63) is 219 Å². The van der Waals surface area contributed by atoms with E-state index >= 15 is 0 Å². The summed E-state index contributed by atoms with van der Waals surface area (Å²) in [5, 5.41) is 12.2. The van der Waals surface area contributed by atoms with Crippen LogP contribution in [0.15, 0.2) is 219 Å². The van der Waals surface area contributed by atoms with Crippen molar-refractivity contribution in [2.75, 3.05) is 0 Å². The van der Waals surface area contributed by atoms with Gasteiger partial charge in [-0.1, -0.05) is 188 Å². The van der Waals surface area contributed by atoms with Gasteiger partial charge in [-0.2, -0.15) is 0 Å². The predicted octanol–water partition coefficient (Wildman–Crippen LogP) is 15.1. The topological polar surface area (TPSA) is 35.6 Å². The van der Waals surface area contributed by atoms with Crippen LogP contribution in [0.1, 0.15) is 0 Å². The van der Waals surface area contributed by atoms with Gasteiger partial charge in [-0.05, 0) is 51.6 Å². The van der Waals surface area contributed by atoms with E-state index in [1.165, 1.54) is 76.0 Å². The number of hydrogen-bond donors (Lipinski definition) is 0. The molecule has 0 aliphatic rings. The molecular weight excluding hydrogens is 753 g/mol. The zero-order valence-electron chi connectivity index (χ0n) is 33.6. The van der Waals surface area contributed by atoms with Gasteiger partial charge in [-0.3, -0.25) is 0 Å². The van der Waals surface area contributed by atoms with Gasteiger partial charge in [0.05, 0.1) is 39.6 Å². The first-order valence-electron chi connectivity index (χ1n) is 21.2. The predicted molar refractivity (Wildman–Crippen MR) is 260 cm³/mol. The molecule has 0 atom stereocenters. The number of fused-ring (bicyclic) bond motifs is 15. The Labute approximate surface area is 357 Å². The average molecular weight is 789 g/mol. The Morgan fingerprint density at radius 2 is 0.742 bits per heavy atom. The molecule has 0 unspecified atom stereocenters. The largest absolute Gasteiger partial charge is 0.309 e. The van der Waals surface area contributed by atoms with Gasteiger partial charge in [-0.15, -0.1) is 0 Å². The maximum Gasteiger partial charge on any atom is 0.159 e. The molecule has 0 amide bonds. The Bertz CT molecular complexity index is 3880. The minimum absolute atomic E-state index is 0.696. The van der Waals surface area contributed by atoms with E-state index in [9.17, 15) is 0 Å². The van der Waals surface area contributed by atoms with Gasteiger partial charge >= 0.3 is 0 Å². The molecule has 0 bridgehead atoms. The first-order valence-corrected chi connectivity index (χ1v) is 21.2. The van der Waals surface area contributed by atoms with Crippen LogP contribution >= 0.6 is 0 Å².